The van der Waals surface area contributed by atoms with Crippen molar-refractivity contribution in [2.75, 3.05) is 0 Å². The van der Waals surface area contributed by atoms with E-state index in [0.717, 1.165) is 17.6 Å². The zero-order chi connectivity index (χ0) is 13.1. The first-order valence-electron chi connectivity index (χ1n) is 5.83. The number of ketones is 1. The highest BCUT2D eigenvalue weighted by Crippen LogP contribution is 2.34. The molecule has 94 valence electrons. The van der Waals surface area contributed by atoms with Crippen molar-refractivity contribution in [1.29, 1.82) is 0 Å². The standard InChI is InChI=1S/C15H14Br2O/c1-10-7-8-12(9-10)15(18)14(17)13(16)11-5-3-2-4-6-11/h2-8,13-14H,9H2,1H3/t13-,14-/m0/s1. The average Bonchev–Trinajstić information content (AvgIpc) is 2.84. The first-order valence-corrected chi connectivity index (χ1v) is 7.66. The average molecular weight is 370 g/mol. The van der Waals surface area contributed by atoms with Crippen molar-refractivity contribution >= 4 is 37.6 Å². The number of alkyl halides is 2. The van der Waals surface area contributed by atoms with E-state index in [1.165, 1.54) is 5.57 Å². The second kappa shape index (κ2) is 5.98. The molecule has 0 aromatic heterocycles. The predicted molar refractivity (Wildman–Crippen MR) is 82.3 cm³/mol. The van der Waals surface area contributed by atoms with E-state index in [4.69, 9.17) is 0 Å². The number of carbonyl (C=O) groups is 1. The van der Waals surface area contributed by atoms with E-state index < -0.39 is 0 Å². The van der Waals surface area contributed by atoms with Crippen molar-refractivity contribution in [3.8, 4) is 0 Å². The number of hydrogen-bond acceptors (Lipinski definition) is 1. The zero-order valence-corrected chi connectivity index (χ0v) is 13.2. The molecule has 2 rings (SSSR count). The number of carbonyl (C=O) groups excluding carboxylic acids is 1. The molecular formula is C15H14Br2O. The van der Waals surface area contributed by atoms with Gasteiger partial charge in [0, 0.05) is 5.57 Å². The van der Waals surface area contributed by atoms with Crippen LogP contribution in [0.2, 0.25) is 0 Å². The molecule has 0 heterocycles. The molecule has 1 aliphatic carbocycles. The van der Waals surface area contributed by atoms with Crippen LogP contribution in [-0.4, -0.2) is 10.6 Å². The van der Waals surface area contributed by atoms with Crippen LogP contribution in [0.1, 0.15) is 23.7 Å². The van der Waals surface area contributed by atoms with Crippen LogP contribution in [-0.2, 0) is 4.79 Å². The van der Waals surface area contributed by atoms with Gasteiger partial charge in [-0.3, -0.25) is 4.79 Å². The summed E-state index contributed by atoms with van der Waals surface area (Å²) in [7, 11) is 0. The third-order valence-corrected chi connectivity index (χ3v) is 5.69. The molecule has 3 heteroatoms. The van der Waals surface area contributed by atoms with E-state index in [0.29, 0.717) is 0 Å². The Morgan fingerprint density at radius 2 is 1.83 bits per heavy atom. The van der Waals surface area contributed by atoms with Gasteiger partial charge in [0.25, 0.3) is 0 Å². The Balaban J connectivity index is 2.08. The first kappa shape index (κ1) is 13.8. The lowest BCUT2D eigenvalue weighted by molar-refractivity contribution is -0.115. The molecule has 0 radical (unpaired) electrons. The van der Waals surface area contributed by atoms with Crippen LogP contribution in [0.25, 0.3) is 0 Å². The van der Waals surface area contributed by atoms with Crippen molar-refractivity contribution in [2.45, 2.75) is 23.0 Å². The lowest BCUT2D eigenvalue weighted by Gasteiger charge is -2.16. The smallest absolute Gasteiger partial charge is 0.174 e. The minimum atomic E-state index is -0.231. The molecule has 1 aliphatic rings. The molecule has 0 N–H and O–H groups in total. The summed E-state index contributed by atoms with van der Waals surface area (Å²) in [5.41, 5.74) is 3.23. The number of hydrogen-bond donors (Lipinski definition) is 0. The van der Waals surface area contributed by atoms with Gasteiger partial charge in [0.1, 0.15) is 0 Å². The third-order valence-electron chi connectivity index (χ3n) is 2.98. The Bertz CT molecular complexity index is 502. The van der Waals surface area contributed by atoms with Gasteiger partial charge in [0.2, 0.25) is 0 Å². The van der Waals surface area contributed by atoms with Crippen LogP contribution in [0, 0.1) is 0 Å². The van der Waals surface area contributed by atoms with E-state index in [1.54, 1.807) is 0 Å². The predicted octanol–water partition coefficient (Wildman–Crippen LogP) is 4.73. The molecule has 0 saturated carbocycles. The number of halogens is 2. The van der Waals surface area contributed by atoms with Crippen LogP contribution in [0.15, 0.2) is 53.6 Å². The number of benzene rings is 1. The van der Waals surface area contributed by atoms with Crippen LogP contribution in [0.4, 0.5) is 0 Å². The Morgan fingerprint density at radius 1 is 1.17 bits per heavy atom. The largest absolute Gasteiger partial charge is 0.293 e. The lowest BCUT2D eigenvalue weighted by Crippen LogP contribution is -2.20. The Hall–Kier alpha value is -0.670. The molecule has 0 unspecified atom stereocenters. The maximum Gasteiger partial charge on any atom is 0.174 e. The van der Waals surface area contributed by atoms with Crippen molar-refractivity contribution in [2.24, 2.45) is 0 Å². The molecule has 18 heavy (non-hydrogen) atoms. The summed E-state index contributed by atoms with van der Waals surface area (Å²) in [5, 5.41) is 0. The molecule has 1 aromatic carbocycles. The van der Waals surface area contributed by atoms with Crippen LogP contribution in [0.3, 0.4) is 0 Å². The lowest BCUT2D eigenvalue weighted by atomic mass is 10.0. The normalized spacial score (nSPS) is 17.9. The summed E-state index contributed by atoms with van der Waals surface area (Å²) in [5.74, 6) is 0.161. The Morgan fingerprint density at radius 3 is 2.39 bits per heavy atom. The zero-order valence-electron chi connectivity index (χ0n) is 10.1. The SMILES string of the molecule is CC1=CC=C(C(=O)[C@@H](Br)[C@@H](Br)c2ccccc2)C1. The second-order valence-electron chi connectivity index (χ2n) is 4.46. The molecule has 1 aromatic rings. The molecule has 0 spiro atoms. The fourth-order valence-electron chi connectivity index (χ4n) is 1.95. The molecule has 1 nitrogen and oxygen atoms in total. The molecular weight excluding hydrogens is 356 g/mol. The van der Waals surface area contributed by atoms with Gasteiger partial charge in [-0.15, -0.1) is 0 Å². The van der Waals surface area contributed by atoms with Crippen LogP contribution in [0.5, 0.6) is 0 Å². The number of allylic oxidation sites excluding steroid dienone is 4. The van der Waals surface area contributed by atoms with Gasteiger partial charge in [0.15, 0.2) is 5.78 Å². The summed E-state index contributed by atoms with van der Waals surface area (Å²) < 4.78 is 0. The molecule has 0 saturated heterocycles. The third kappa shape index (κ3) is 3.01. The van der Waals surface area contributed by atoms with Gasteiger partial charge in [-0.05, 0) is 18.9 Å². The van der Waals surface area contributed by atoms with Crippen molar-refractivity contribution < 1.29 is 4.79 Å². The fraction of sp³-hybridized carbons (Fsp3) is 0.267. The van der Waals surface area contributed by atoms with Crippen molar-refractivity contribution in [3.63, 3.8) is 0 Å². The maximum atomic E-state index is 12.3. The summed E-state index contributed by atoms with van der Waals surface area (Å²) in [6.45, 7) is 2.04. The molecule has 0 amide bonds. The molecule has 0 bridgehead atoms. The Kier molecular flexibility index (Phi) is 4.57. The van der Waals surface area contributed by atoms with E-state index in [-0.39, 0.29) is 15.4 Å². The first-order chi connectivity index (χ1) is 8.59. The van der Waals surface area contributed by atoms with Gasteiger partial charge < -0.3 is 0 Å². The minimum absolute atomic E-state index is 0.00648. The highest BCUT2D eigenvalue weighted by Gasteiger charge is 2.28. The number of Topliss-reactive ketones (excluding diaryl/α,β-unsaturated/α-hetero) is 1. The van der Waals surface area contributed by atoms with Gasteiger partial charge in [0.05, 0.1) is 9.65 Å². The highest BCUT2D eigenvalue weighted by molar-refractivity contribution is 9.12. The van der Waals surface area contributed by atoms with Gasteiger partial charge >= 0.3 is 0 Å². The molecule has 0 fully saturated rings. The van der Waals surface area contributed by atoms with Crippen LogP contribution < -0.4 is 0 Å². The fourth-order valence-corrected chi connectivity index (χ4v) is 3.09. The number of rotatable bonds is 4. The van der Waals surface area contributed by atoms with E-state index in [9.17, 15) is 4.79 Å². The van der Waals surface area contributed by atoms with E-state index in [1.807, 2.05) is 49.4 Å². The summed E-state index contributed by atoms with van der Waals surface area (Å²) in [4.78, 5) is 12.1. The van der Waals surface area contributed by atoms with Crippen molar-refractivity contribution in [3.05, 3.63) is 59.2 Å². The molecule has 2 atom stereocenters. The van der Waals surface area contributed by atoms with E-state index in [2.05, 4.69) is 31.9 Å². The minimum Gasteiger partial charge on any atom is -0.293 e. The van der Waals surface area contributed by atoms with E-state index >= 15 is 0 Å². The second-order valence-corrected chi connectivity index (χ2v) is 6.43. The summed E-state index contributed by atoms with van der Waals surface area (Å²) in [6.07, 6.45) is 4.71. The monoisotopic (exact) mass is 368 g/mol. The van der Waals surface area contributed by atoms with Gasteiger partial charge in [-0.2, -0.15) is 0 Å². The Labute approximate surface area is 124 Å². The topological polar surface area (TPSA) is 17.1 Å². The quantitative estimate of drug-likeness (QED) is 0.701. The highest BCUT2D eigenvalue weighted by atomic mass is 79.9. The summed E-state index contributed by atoms with van der Waals surface area (Å²) in [6, 6.07) is 9.98. The van der Waals surface area contributed by atoms with Crippen LogP contribution >= 0.6 is 31.9 Å². The van der Waals surface area contributed by atoms with Crippen molar-refractivity contribution in [1.82, 2.24) is 0 Å². The maximum absolute atomic E-state index is 12.3. The molecule has 0 aliphatic heterocycles. The van der Waals surface area contributed by atoms with Gasteiger partial charge in [-0.25, -0.2) is 0 Å². The van der Waals surface area contributed by atoms with Gasteiger partial charge in [-0.1, -0.05) is 79.9 Å². The summed E-state index contributed by atoms with van der Waals surface area (Å²) >= 11 is 7.12.